The van der Waals surface area contributed by atoms with E-state index in [1.54, 1.807) is 18.3 Å². The molecular formula is C13H9ClFN3S. The first kappa shape index (κ1) is 12.3. The maximum absolute atomic E-state index is 14.0. The zero-order chi connectivity index (χ0) is 13.6. The summed E-state index contributed by atoms with van der Waals surface area (Å²) < 4.78 is 15.9. The molecule has 3 rings (SSSR count). The van der Waals surface area contributed by atoms with Crippen LogP contribution in [0.5, 0.6) is 0 Å². The van der Waals surface area contributed by atoms with Crippen molar-refractivity contribution in [3.8, 4) is 5.69 Å². The van der Waals surface area contributed by atoms with Gasteiger partial charge >= 0.3 is 0 Å². The van der Waals surface area contributed by atoms with Gasteiger partial charge in [-0.05, 0) is 42.9 Å². The van der Waals surface area contributed by atoms with Crippen LogP contribution in [0.1, 0.15) is 5.56 Å². The van der Waals surface area contributed by atoms with Gasteiger partial charge in [0, 0.05) is 6.20 Å². The number of nitrogens with zero attached hydrogens (tertiary/aromatic N) is 2. The fourth-order valence-corrected chi connectivity index (χ4v) is 2.54. The van der Waals surface area contributed by atoms with E-state index in [2.05, 4.69) is 9.97 Å². The second-order valence-electron chi connectivity index (χ2n) is 4.22. The molecule has 0 spiro atoms. The molecule has 0 unspecified atom stereocenters. The van der Waals surface area contributed by atoms with Gasteiger partial charge in [0.2, 0.25) is 0 Å². The van der Waals surface area contributed by atoms with Crippen LogP contribution in [-0.2, 0) is 0 Å². The lowest BCUT2D eigenvalue weighted by Gasteiger charge is -2.07. The maximum Gasteiger partial charge on any atom is 0.184 e. The average Bonchev–Trinajstić information content (AvgIpc) is 2.65. The van der Waals surface area contributed by atoms with Crippen molar-refractivity contribution in [2.75, 3.05) is 0 Å². The zero-order valence-corrected chi connectivity index (χ0v) is 11.5. The summed E-state index contributed by atoms with van der Waals surface area (Å²) in [5.74, 6) is -0.438. The van der Waals surface area contributed by atoms with Gasteiger partial charge in [-0.2, -0.15) is 0 Å². The first-order valence-corrected chi connectivity index (χ1v) is 6.38. The SMILES string of the molecule is Cc1cnc2c(c1)[nH]c(=S)n2-c1c(F)cccc1Cl. The molecule has 3 nitrogen and oxygen atoms in total. The van der Waals surface area contributed by atoms with Crippen molar-refractivity contribution >= 4 is 35.0 Å². The van der Waals surface area contributed by atoms with Gasteiger partial charge in [0.15, 0.2) is 10.4 Å². The summed E-state index contributed by atoms with van der Waals surface area (Å²) in [7, 11) is 0. The third-order valence-corrected chi connectivity index (χ3v) is 3.41. The van der Waals surface area contributed by atoms with Crippen molar-refractivity contribution in [3.05, 3.63) is 51.6 Å². The lowest BCUT2D eigenvalue weighted by molar-refractivity contribution is 0.618. The Balaban J connectivity index is 2.43. The highest BCUT2D eigenvalue weighted by molar-refractivity contribution is 7.71. The fourth-order valence-electron chi connectivity index (χ4n) is 2.01. The summed E-state index contributed by atoms with van der Waals surface area (Å²) >= 11 is 11.3. The number of nitrogens with one attached hydrogen (secondary N) is 1. The predicted molar refractivity (Wildman–Crippen MR) is 76.0 cm³/mol. The van der Waals surface area contributed by atoms with Crippen LogP contribution in [0.15, 0.2) is 30.5 Å². The fraction of sp³-hybridized carbons (Fsp3) is 0.0769. The number of benzene rings is 1. The molecule has 0 saturated heterocycles. The number of hydrogen-bond donors (Lipinski definition) is 1. The molecule has 2 aromatic heterocycles. The molecule has 96 valence electrons. The van der Waals surface area contributed by atoms with Crippen LogP contribution in [0.4, 0.5) is 4.39 Å². The molecule has 1 N–H and O–H groups in total. The van der Waals surface area contributed by atoms with Crippen molar-refractivity contribution < 1.29 is 4.39 Å². The lowest BCUT2D eigenvalue weighted by atomic mass is 10.3. The molecule has 0 aliphatic carbocycles. The van der Waals surface area contributed by atoms with Crippen LogP contribution in [-0.4, -0.2) is 14.5 Å². The van der Waals surface area contributed by atoms with E-state index < -0.39 is 5.82 Å². The number of fused-ring (bicyclic) bond motifs is 1. The van der Waals surface area contributed by atoms with E-state index in [1.807, 2.05) is 13.0 Å². The van der Waals surface area contributed by atoms with Gasteiger partial charge in [-0.3, -0.25) is 4.57 Å². The quantitative estimate of drug-likeness (QED) is 0.683. The minimum Gasteiger partial charge on any atom is -0.329 e. The van der Waals surface area contributed by atoms with E-state index >= 15 is 0 Å². The Hall–Kier alpha value is -1.72. The van der Waals surface area contributed by atoms with Crippen LogP contribution >= 0.6 is 23.8 Å². The third-order valence-electron chi connectivity index (χ3n) is 2.82. The summed E-state index contributed by atoms with van der Waals surface area (Å²) in [6, 6.07) is 6.42. The lowest BCUT2D eigenvalue weighted by Crippen LogP contribution is -2.00. The Morgan fingerprint density at radius 3 is 2.95 bits per heavy atom. The van der Waals surface area contributed by atoms with Crippen molar-refractivity contribution in [2.24, 2.45) is 0 Å². The normalized spacial score (nSPS) is 11.1. The molecule has 0 atom stereocenters. The molecule has 3 aromatic rings. The Morgan fingerprint density at radius 1 is 1.42 bits per heavy atom. The summed E-state index contributed by atoms with van der Waals surface area (Å²) in [4.78, 5) is 7.31. The van der Waals surface area contributed by atoms with Gasteiger partial charge in [0.25, 0.3) is 0 Å². The van der Waals surface area contributed by atoms with Crippen LogP contribution in [0.3, 0.4) is 0 Å². The van der Waals surface area contributed by atoms with Crippen molar-refractivity contribution in [1.82, 2.24) is 14.5 Å². The second-order valence-corrected chi connectivity index (χ2v) is 5.01. The van der Waals surface area contributed by atoms with Crippen molar-refractivity contribution in [1.29, 1.82) is 0 Å². The van der Waals surface area contributed by atoms with Gasteiger partial charge in [0.1, 0.15) is 11.5 Å². The molecule has 0 fully saturated rings. The van der Waals surface area contributed by atoms with E-state index in [9.17, 15) is 4.39 Å². The predicted octanol–water partition coefficient (Wildman–Crippen LogP) is 4.18. The number of aromatic nitrogens is 3. The highest BCUT2D eigenvalue weighted by Crippen LogP contribution is 2.27. The van der Waals surface area contributed by atoms with Gasteiger partial charge < -0.3 is 4.98 Å². The smallest absolute Gasteiger partial charge is 0.184 e. The molecule has 0 aliphatic rings. The highest BCUT2D eigenvalue weighted by Gasteiger charge is 2.14. The molecule has 19 heavy (non-hydrogen) atoms. The first-order valence-electron chi connectivity index (χ1n) is 5.59. The van der Waals surface area contributed by atoms with E-state index in [1.165, 1.54) is 10.6 Å². The molecule has 0 amide bonds. The van der Waals surface area contributed by atoms with Crippen LogP contribution in [0.2, 0.25) is 5.02 Å². The number of aryl methyl sites for hydroxylation is 1. The molecule has 1 aromatic carbocycles. The topological polar surface area (TPSA) is 33.6 Å². The molecule has 0 radical (unpaired) electrons. The van der Waals surface area contributed by atoms with Gasteiger partial charge in [-0.25, -0.2) is 9.37 Å². The van der Waals surface area contributed by atoms with E-state index in [-0.39, 0.29) is 5.69 Å². The largest absolute Gasteiger partial charge is 0.329 e. The van der Waals surface area contributed by atoms with Gasteiger partial charge in [-0.15, -0.1) is 0 Å². The van der Waals surface area contributed by atoms with Gasteiger partial charge in [0.05, 0.1) is 10.5 Å². The van der Waals surface area contributed by atoms with E-state index in [0.717, 1.165) is 11.1 Å². The Bertz CT molecular complexity index is 817. The number of imidazole rings is 1. The second kappa shape index (κ2) is 4.43. The summed E-state index contributed by atoms with van der Waals surface area (Å²) in [6.45, 7) is 1.93. The first-order chi connectivity index (χ1) is 9.08. The number of halogens is 2. The number of rotatable bonds is 1. The van der Waals surface area contributed by atoms with Gasteiger partial charge in [-0.1, -0.05) is 17.7 Å². The van der Waals surface area contributed by atoms with Crippen LogP contribution < -0.4 is 0 Å². The van der Waals surface area contributed by atoms with E-state index in [0.29, 0.717) is 15.4 Å². The number of pyridine rings is 1. The van der Waals surface area contributed by atoms with Crippen molar-refractivity contribution in [2.45, 2.75) is 6.92 Å². The summed E-state index contributed by atoms with van der Waals surface area (Å²) in [6.07, 6.45) is 1.70. The van der Waals surface area contributed by atoms with Crippen LogP contribution in [0.25, 0.3) is 16.9 Å². The Morgan fingerprint density at radius 2 is 2.21 bits per heavy atom. The molecule has 0 aliphatic heterocycles. The number of H-pyrrole nitrogens is 1. The number of aromatic amines is 1. The van der Waals surface area contributed by atoms with Crippen molar-refractivity contribution in [3.63, 3.8) is 0 Å². The van der Waals surface area contributed by atoms with Crippen LogP contribution in [0, 0.1) is 17.5 Å². The molecular weight excluding hydrogens is 285 g/mol. The highest BCUT2D eigenvalue weighted by atomic mass is 35.5. The molecule has 0 saturated carbocycles. The standard InChI is InChI=1S/C13H9ClFN3S/c1-7-5-10-12(16-6-7)18(13(19)17-10)11-8(14)3-2-4-9(11)15/h2-6H,1H3,(H,17,19). The number of hydrogen-bond acceptors (Lipinski definition) is 2. The number of para-hydroxylation sites is 1. The molecule has 2 heterocycles. The molecule has 0 bridgehead atoms. The Labute approximate surface area is 118 Å². The minimum atomic E-state index is -0.438. The average molecular weight is 294 g/mol. The maximum atomic E-state index is 14.0. The monoisotopic (exact) mass is 293 g/mol. The Kier molecular flexibility index (Phi) is 2.88. The zero-order valence-electron chi connectivity index (χ0n) is 9.95. The summed E-state index contributed by atoms with van der Waals surface area (Å²) in [5, 5.41) is 0.291. The molecule has 6 heteroatoms. The minimum absolute atomic E-state index is 0.219. The third kappa shape index (κ3) is 1.95. The summed E-state index contributed by atoms with van der Waals surface area (Å²) in [5.41, 5.74) is 2.53. The van der Waals surface area contributed by atoms with E-state index in [4.69, 9.17) is 23.8 Å².